The van der Waals surface area contributed by atoms with Crippen LogP contribution in [0.1, 0.15) is 25.8 Å². The molecule has 0 fully saturated rings. The monoisotopic (exact) mass is 444 g/mol. The quantitative estimate of drug-likeness (QED) is 0.517. The highest BCUT2D eigenvalue weighted by Gasteiger charge is 2.17. The van der Waals surface area contributed by atoms with E-state index in [-0.39, 0.29) is 24.4 Å². The van der Waals surface area contributed by atoms with E-state index in [9.17, 15) is 9.59 Å². The van der Waals surface area contributed by atoms with Crippen LogP contribution in [0.2, 0.25) is 0 Å². The van der Waals surface area contributed by atoms with Gasteiger partial charge in [0.2, 0.25) is 11.9 Å². The summed E-state index contributed by atoms with van der Waals surface area (Å²) >= 11 is 1.37. The highest BCUT2D eigenvalue weighted by atomic mass is 32.1. The van der Waals surface area contributed by atoms with Crippen molar-refractivity contribution in [1.29, 1.82) is 0 Å². The molecule has 1 aromatic carbocycles. The Bertz CT molecular complexity index is 1100. The molecule has 1 amide bonds. The molecule has 166 valence electrons. The van der Waals surface area contributed by atoms with E-state index < -0.39 is 0 Å². The molecule has 3 rings (SSSR count). The maximum absolute atomic E-state index is 13.0. The summed E-state index contributed by atoms with van der Waals surface area (Å²) in [4.78, 5) is 32.3. The maximum atomic E-state index is 13.0. The minimum absolute atomic E-state index is 0.105. The van der Waals surface area contributed by atoms with E-state index in [1.54, 1.807) is 24.9 Å². The van der Waals surface area contributed by atoms with Gasteiger partial charge in [-0.05, 0) is 37.4 Å². The number of nitrogens with zero attached hydrogens (tertiary/aromatic N) is 3. The van der Waals surface area contributed by atoms with Crippen LogP contribution in [-0.4, -0.2) is 42.8 Å². The predicted molar refractivity (Wildman–Crippen MR) is 123 cm³/mol. The predicted octanol–water partition coefficient (Wildman–Crippen LogP) is 3.03. The van der Waals surface area contributed by atoms with Crippen molar-refractivity contribution in [3.8, 4) is 11.5 Å². The molecule has 0 aliphatic carbocycles. The highest BCUT2D eigenvalue weighted by Crippen LogP contribution is 2.24. The smallest absolute Gasteiger partial charge is 0.272 e. The van der Waals surface area contributed by atoms with Crippen molar-refractivity contribution in [3.05, 3.63) is 45.6 Å². The molecule has 0 aliphatic heterocycles. The first-order chi connectivity index (χ1) is 15.0. The van der Waals surface area contributed by atoms with Crippen LogP contribution in [-0.2, 0) is 17.9 Å². The van der Waals surface area contributed by atoms with Gasteiger partial charge < -0.3 is 19.7 Å². The van der Waals surface area contributed by atoms with Crippen LogP contribution in [0.3, 0.4) is 0 Å². The normalized spacial score (nSPS) is 10.8. The first kappa shape index (κ1) is 22.6. The number of rotatable bonds is 10. The van der Waals surface area contributed by atoms with Crippen LogP contribution in [0.4, 0.5) is 5.95 Å². The summed E-state index contributed by atoms with van der Waals surface area (Å²) in [5, 5.41) is 4.77. The van der Waals surface area contributed by atoms with Crippen molar-refractivity contribution in [2.75, 3.05) is 32.2 Å². The first-order valence-corrected chi connectivity index (χ1v) is 11.1. The fourth-order valence-electron chi connectivity index (χ4n) is 3.37. The number of hydrogen-bond acceptors (Lipinski definition) is 7. The van der Waals surface area contributed by atoms with Crippen LogP contribution >= 0.6 is 11.3 Å². The number of hydrogen-bond donors (Lipinski definition) is 1. The lowest BCUT2D eigenvalue weighted by Gasteiger charge is -2.23. The lowest BCUT2D eigenvalue weighted by molar-refractivity contribution is -0.121. The van der Waals surface area contributed by atoms with E-state index in [0.29, 0.717) is 34.2 Å². The number of nitrogens with one attached hydrogen (secondary N) is 1. The van der Waals surface area contributed by atoms with Crippen LogP contribution < -0.4 is 25.2 Å². The summed E-state index contributed by atoms with van der Waals surface area (Å²) in [6.07, 6.45) is 0.172. The molecular formula is C22H28N4O4S. The standard InChI is InChI=1S/C22H28N4O4S/c1-5-25(6-2)22-24-17-10-12-31-20(17)21(28)26(22)11-9-19(27)23-14-15-7-8-16(29-3)13-18(15)30-4/h7-8,10,12-13H,5-6,9,11,14H2,1-4H3,(H,23,27). The lowest BCUT2D eigenvalue weighted by atomic mass is 10.2. The number of ether oxygens (including phenoxy) is 2. The molecule has 31 heavy (non-hydrogen) atoms. The van der Waals surface area contributed by atoms with Crippen molar-refractivity contribution in [2.24, 2.45) is 0 Å². The number of methoxy groups -OCH3 is 2. The number of carbonyl (C=O) groups excluding carboxylic acids is 1. The molecule has 1 N–H and O–H groups in total. The number of carbonyl (C=O) groups is 1. The Morgan fingerprint density at radius 2 is 1.97 bits per heavy atom. The van der Waals surface area contributed by atoms with E-state index in [0.717, 1.165) is 18.7 Å². The van der Waals surface area contributed by atoms with E-state index in [2.05, 4.69) is 10.3 Å². The van der Waals surface area contributed by atoms with Gasteiger partial charge in [0, 0.05) is 44.2 Å². The van der Waals surface area contributed by atoms with Gasteiger partial charge in [-0.15, -0.1) is 11.3 Å². The number of amides is 1. The molecule has 9 heteroatoms. The fraction of sp³-hybridized carbons (Fsp3) is 0.409. The molecule has 0 atom stereocenters. The summed E-state index contributed by atoms with van der Waals surface area (Å²) in [5.41, 5.74) is 1.44. The van der Waals surface area contributed by atoms with E-state index in [4.69, 9.17) is 9.47 Å². The Hall–Kier alpha value is -3.07. The van der Waals surface area contributed by atoms with Crippen LogP contribution in [0.15, 0.2) is 34.4 Å². The van der Waals surface area contributed by atoms with Gasteiger partial charge in [-0.1, -0.05) is 0 Å². The van der Waals surface area contributed by atoms with Gasteiger partial charge in [-0.3, -0.25) is 14.2 Å². The lowest BCUT2D eigenvalue weighted by Crippen LogP contribution is -2.34. The van der Waals surface area contributed by atoms with Gasteiger partial charge in [-0.25, -0.2) is 4.98 Å². The van der Waals surface area contributed by atoms with Crippen LogP contribution in [0.5, 0.6) is 11.5 Å². The second-order valence-corrected chi connectivity index (χ2v) is 7.80. The Kier molecular flexibility index (Phi) is 7.51. The number of thiophene rings is 1. The summed E-state index contributed by atoms with van der Waals surface area (Å²) in [5.74, 6) is 1.78. The molecular weight excluding hydrogens is 416 g/mol. The van der Waals surface area contributed by atoms with Crippen molar-refractivity contribution >= 4 is 33.4 Å². The largest absolute Gasteiger partial charge is 0.497 e. The maximum Gasteiger partial charge on any atom is 0.272 e. The first-order valence-electron chi connectivity index (χ1n) is 10.2. The van der Waals surface area contributed by atoms with Gasteiger partial charge in [-0.2, -0.15) is 0 Å². The van der Waals surface area contributed by atoms with Crippen molar-refractivity contribution in [3.63, 3.8) is 0 Å². The summed E-state index contributed by atoms with van der Waals surface area (Å²) in [6, 6.07) is 7.31. The fourth-order valence-corrected chi connectivity index (χ4v) is 4.15. The highest BCUT2D eigenvalue weighted by molar-refractivity contribution is 7.17. The third-order valence-electron chi connectivity index (χ3n) is 5.12. The third kappa shape index (κ3) is 4.99. The molecule has 0 unspecified atom stereocenters. The summed E-state index contributed by atoms with van der Waals surface area (Å²) in [7, 11) is 3.17. The summed E-state index contributed by atoms with van der Waals surface area (Å²) < 4.78 is 12.8. The third-order valence-corrected chi connectivity index (χ3v) is 6.02. The van der Waals surface area contributed by atoms with Gasteiger partial charge in [0.25, 0.3) is 5.56 Å². The van der Waals surface area contributed by atoms with Crippen molar-refractivity contribution in [2.45, 2.75) is 33.4 Å². The number of benzene rings is 1. The Morgan fingerprint density at radius 1 is 1.19 bits per heavy atom. The van der Waals surface area contributed by atoms with Gasteiger partial charge in [0.05, 0.1) is 19.7 Å². The minimum atomic E-state index is -0.151. The molecule has 0 spiro atoms. The molecule has 0 saturated carbocycles. The van der Waals surface area contributed by atoms with Gasteiger partial charge in [0.1, 0.15) is 16.2 Å². The molecule has 0 saturated heterocycles. The molecule has 3 aromatic rings. The molecule has 2 heterocycles. The van der Waals surface area contributed by atoms with Crippen molar-refractivity contribution in [1.82, 2.24) is 14.9 Å². The van der Waals surface area contributed by atoms with E-state index >= 15 is 0 Å². The zero-order chi connectivity index (χ0) is 22.4. The molecule has 0 aliphatic rings. The average molecular weight is 445 g/mol. The van der Waals surface area contributed by atoms with Gasteiger partial charge >= 0.3 is 0 Å². The number of aromatic nitrogens is 2. The van der Waals surface area contributed by atoms with E-state index in [1.165, 1.54) is 11.3 Å². The second kappa shape index (κ2) is 10.3. The second-order valence-electron chi connectivity index (χ2n) is 6.88. The van der Waals surface area contributed by atoms with Gasteiger partial charge in [0.15, 0.2) is 0 Å². The number of anilines is 1. The van der Waals surface area contributed by atoms with Crippen LogP contribution in [0.25, 0.3) is 10.2 Å². The van der Waals surface area contributed by atoms with E-state index in [1.807, 2.05) is 42.3 Å². The Labute approximate surface area is 185 Å². The SMILES string of the molecule is CCN(CC)c1nc2ccsc2c(=O)n1CCC(=O)NCc1ccc(OC)cc1OC. The zero-order valence-electron chi connectivity index (χ0n) is 18.3. The summed E-state index contributed by atoms with van der Waals surface area (Å²) in [6.45, 7) is 6.08. The topological polar surface area (TPSA) is 85.7 Å². The average Bonchev–Trinajstić information content (AvgIpc) is 3.27. The zero-order valence-corrected chi connectivity index (χ0v) is 19.1. The molecule has 0 radical (unpaired) electrons. The molecule has 2 aromatic heterocycles. The molecule has 0 bridgehead atoms. The van der Waals surface area contributed by atoms with Crippen LogP contribution in [0, 0.1) is 0 Å². The number of fused-ring (bicyclic) bond motifs is 1. The minimum Gasteiger partial charge on any atom is -0.497 e. The Morgan fingerprint density at radius 3 is 2.65 bits per heavy atom. The van der Waals surface area contributed by atoms with Crippen molar-refractivity contribution < 1.29 is 14.3 Å². The Balaban J connectivity index is 1.73. The molecule has 8 nitrogen and oxygen atoms in total.